The van der Waals surface area contributed by atoms with Gasteiger partial charge in [0.25, 0.3) is 0 Å². The van der Waals surface area contributed by atoms with Crippen molar-refractivity contribution in [2.24, 2.45) is 0 Å². The molecular weight excluding hydrogens is 196 g/mol. The minimum Gasteiger partial charge on any atom is -0.477 e. The van der Waals surface area contributed by atoms with Gasteiger partial charge in [0.05, 0.1) is 0 Å². The molecule has 0 saturated carbocycles. The van der Waals surface area contributed by atoms with Gasteiger partial charge in [0, 0.05) is 12.4 Å². The van der Waals surface area contributed by atoms with Crippen LogP contribution < -0.4 is 0 Å². The molecule has 0 unspecified atom stereocenters. The van der Waals surface area contributed by atoms with Gasteiger partial charge in [0.2, 0.25) is 5.82 Å². The maximum Gasteiger partial charge on any atom is 0.376 e. The highest BCUT2D eigenvalue weighted by Crippen LogP contribution is 2.17. The maximum absolute atomic E-state index is 12.7. The zero-order valence-electron chi connectivity index (χ0n) is 6.81. The minimum absolute atomic E-state index is 0.245. The summed E-state index contributed by atoms with van der Waals surface area (Å²) in [5.74, 6) is -6.37. The Morgan fingerprint density at radius 3 is 2.93 bits per heavy atom. The third-order valence-corrected chi connectivity index (χ3v) is 1.50. The molecule has 0 aliphatic heterocycles. The zero-order chi connectivity index (χ0) is 10.8. The van der Waals surface area contributed by atoms with Crippen LogP contribution in [0.2, 0.25) is 0 Å². The van der Waals surface area contributed by atoms with Gasteiger partial charge in [0.1, 0.15) is 12.6 Å². The van der Waals surface area contributed by atoms with E-state index in [0.29, 0.717) is 0 Å². The van der Waals surface area contributed by atoms with Crippen LogP contribution in [0.4, 0.5) is 8.78 Å². The molecular formula is C7H5F2N3O2. The molecule has 0 radical (unpaired) electrons. The van der Waals surface area contributed by atoms with Crippen LogP contribution in [-0.2, 0) is 11.3 Å². The fourth-order valence-corrected chi connectivity index (χ4v) is 0.831. The lowest BCUT2D eigenvalue weighted by Crippen LogP contribution is -2.33. The van der Waals surface area contributed by atoms with E-state index in [9.17, 15) is 13.6 Å². The first-order chi connectivity index (χ1) is 6.47. The molecule has 74 valence electrons. The summed E-state index contributed by atoms with van der Waals surface area (Å²) in [6.45, 7) is -1.09. The molecule has 1 aromatic heterocycles. The average molecular weight is 201 g/mol. The Balaban J connectivity index is 2.90. The summed E-state index contributed by atoms with van der Waals surface area (Å²) in [6, 6.07) is 1.56. The van der Waals surface area contributed by atoms with Crippen LogP contribution in [0, 0.1) is 11.3 Å². The first-order valence-corrected chi connectivity index (χ1v) is 3.50. The number of alkyl halides is 2. The van der Waals surface area contributed by atoms with E-state index in [4.69, 9.17) is 10.4 Å². The third kappa shape index (κ3) is 1.85. The van der Waals surface area contributed by atoms with Crippen molar-refractivity contribution in [2.75, 3.05) is 0 Å². The topological polar surface area (TPSA) is 78.9 Å². The van der Waals surface area contributed by atoms with E-state index in [1.807, 2.05) is 0 Å². The standard InChI is InChI=1S/C7H5F2N3O2/c8-7(9,6(13)14)4-12-2-1-11-5(12)3-10/h1-2H,4H2,(H,13,14). The molecule has 0 aliphatic rings. The molecule has 0 bridgehead atoms. The van der Waals surface area contributed by atoms with Crippen LogP contribution in [0.5, 0.6) is 0 Å². The van der Waals surface area contributed by atoms with Crippen LogP contribution >= 0.6 is 0 Å². The molecule has 1 heterocycles. The molecule has 0 spiro atoms. The van der Waals surface area contributed by atoms with Crippen molar-refractivity contribution >= 4 is 5.97 Å². The van der Waals surface area contributed by atoms with Crippen molar-refractivity contribution in [3.05, 3.63) is 18.2 Å². The van der Waals surface area contributed by atoms with Gasteiger partial charge >= 0.3 is 11.9 Å². The van der Waals surface area contributed by atoms with Gasteiger partial charge in [0.15, 0.2) is 0 Å². The molecule has 0 aliphatic carbocycles. The van der Waals surface area contributed by atoms with Gasteiger partial charge in [-0.2, -0.15) is 14.0 Å². The molecule has 0 atom stereocenters. The Kier molecular flexibility index (Phi) is 2.47. The largest absolute Gasteiger partial charge is 0.477 e. The summed E-state index contributed by atoms with van der Waals surface area (Å²) >= 11 is 0. The van der Waals surface area contributed by atoms with Crippen molar-refractivity contribution in [2.45, 2.75) is 12.5 Å². The molecule has 5 nitrogen and oxygen atoms in total. The Morgan fingerprint density at radius 2 is 2.43 bits per heavy atom. The number of aliphatic carboxylic acids is 1. The monoisotopic (exact) mass is 201 g/mol. The molecule has 7 heteroatoms. The Hall–Kier alpha value is -1.97. The third-order valence-electron chi connectivity index (χ3n) is 1.50. The number of halogens is 2. The summed E-state index contributed by atoms with van der Waals surface area (Å²) in [5, 5.41) is 16.6. The summed E-state index contributed by atoms with van der Waals surface area (Å²) in [6.07, 6.45) is 2.27. The van der Waals surface area contributed by atoms with Crippen molar-refractivity contribution in [3.8, 4) is 6.07 Å². The highest BCUT2D eigenvalue weighted by atomic mass is 19.3. The van der Waals surface area contributed by atoms with Crippen molar-refractivity contribution in [1.82, 2.24) is 9.55 Å². The van der Waals surface area contributed by atoms with Crippen LogP contribution in [0.3, 0.4) is 0 Å². The summed E-state index contributed by atoms with van der Waals surface area (Å²) in [4.78, 5) is 13.5. The van der Waals surface area contributed by atoms with Gasteiger partial charge < -0.3 is 9.67 Å². The molecule has 0 amide bonds. The molecule has 0 saturated heterocycles. The number of rotatable bonds is 3. The summed E-state index contributed by atoms with van der Waals surface area (Å²) < 4.78 is 26.1. The van der Waals surface area contributed by atoms with Crippen LogP contribution in [0.15, 0.2) is 12.4 Å². The second kappa shape index (κ2) is 3.41. The smallest absolute Gasteiger partial charge is 0.376 e. The van der Waals surface area contributed by atoms with E-state index < -0.39 is 18.4 Å². The number of hydrogen-bond donors (Lipinski definition) is 1. The number of carbonyl (C=O) groups is 1. The van der Waals surface area contributed by atoms with E-state index in [1.54, 1.807) is 6.07 Å². The SMILES string of the molecule is N#Cc1nccn1CC(F)(F)C(=O)O. The number of hydrogen-bond acceptors (Lipinski definition) is 3. The maximum atomic E-state index is 12.7. The lowest BCUT2D eigenvalue weighted by molar-refractivity contribution is -0.166. The average Bonchev–Trinajstić information content (AvgIpc) is 2.50. The molecule has 14 heavy (non-hydrogen) atoms. The van der Waals surface area contributed by atoms with Gasteiger partial charge in [-0.1, -0.05) is 0 Å². The summed E-state index contributed by atoms with van der Waals surface area (Å²) in [5.41, 5.74) is 0. The number of nitriles is 1. The number of nitrogens with zero attached hydrogens (tertiary/aromatic N) is 3. The fraction of sp³-hybridized carbons (Fsp3) is 0.286. The van der Waals surface area contributed by atoms with Gasteiger partial charge in [-0.05, 0) is 0 Å². The summed E-state index contributed by atoms with van der Waals surface area (Å²) in [7, 11) is 0. The van der Waals surface area contributed by atoms with Gasteiger partial charge in [-0.15, -0.1) is 0 Å². The minimum atomic E-state index is -3.90. The Bertz CT molecular complexity index is 394. The normalized spacial score (nSPS) is 10.9. The molecule has 0 fully saturated rings. The van der Waals surface area contributed by atoms with Crippen molar-refractivity contribution < 1.29 is 18.7 Å². The molecule has 1 aromatic rings. The Morgan fingerprint density at radius 1 is 1.79 bits per heavy atom. The first kappa shape index (κ1) is 10.1. The van der Waals surface area contributed by atoms with Crippen LogP contribution in [-0.4, -0.2) is 26.5 Å². The quantitative estimate of drug-likeness (QED) is 0.771. The highest BCUT2D eigenvalue weighted by molar-refractivity contribution is 5.75. The van der Waals surface area contributed by atoms with Gasteiger partial charge in [-0.25, -0.2) is 9.78 Å². The van der Waals surface area contributed by atoms with E-state index in [0.717, 1.165) is 17.0 Å². The lowest BCUT2D eigenvalue weighted by Gasteiger charge is -2.11. The second-order valence-electron chi connectivity index (χ2n) is 2.50. The van der Waals surface area contributed by atoms with E-state index in [-0.39, 0.29) is 5.82 Å². The number of carboxylic acids is 1. The van der Waals surface area contributed by atoms with Crippen LogP contribution in [0.1, 0.15) is 5.82 Å². The van der Waals surface area contributed by atoms with E-state index in [1.165, 1.54) is 0 Å². The predicted molar refractivity (Wildman–Crippen MR) is 39.5 cm³/mol. The number of aromatic nitrogens is 2. The zero-order valence-corrected chi connectivity index (χ0v) is 6.81. The van der Waals surface area contributed by atoms with Crippen molar-refractivity contribution in [3.63, 3.8) is 0 Å². The number of carboxylic acid groups (broad SMARTS) is 1. The molecule has 1 rings (SSSR count). The first-order valence-electron chi connectivity index (χ1n) is 3.50. The fourth-order valence-electron chi connectivity index (χ4n) is 0.831. The van der Waals surface area contributed by atoms with Crippen LogP contribution in [0.25, 0.3) is 0 Å². The Labute approximate surface area is 77.2 Å². The molecule has 0 aromatic carbocycles. The van der Waals surface area contributed by atoms with E-state index >= 15 is 0 Å². The van der Waals surface area contributed by atoms with Crippen molar-refractivity contribution in [1.29, 1.82) is 5.26 Å². The highest BCUT2D eigenvalue weighted by Gasteiger charge is 2.39. The second-order valence-corrected chi connectivity index (χ2v) is 2.50. The number of imidazole rings is 1. The van der Waals surface area contributed by atoms with E-state index in [2.05, 4.69) is 4.98 Å². The predicted octanol–water partition coefficient (Wildman–Crippen LogP) is 0.475. The van der Waals surface area contributed by atoms with Gasteiger partial charge in [-0.3, -0.25) is 0 Å². The molecule has 1 N–H and O–H groups in total. The lowest BCUT2D eigenvalue weighted by atomic mass is 10.3.